The van der Waals surface area contributed by atoms with Crippen molar-refractivity contribution in [3.05, 3.63) is 41.4 Å². The van der Waals surface area contributed by atoms with E-state index in [1.807, 2.05) is 25.2 Å². The van der Waals surface area contributed by atoms with Gasteiger partial charge in [-0.15, -0.1) is 0 Å². The number of halogens is 1. The summed E-state index contributed by atoms with van der Waals surface area (Å²) in [7, 11) is 1.88. The van der Waals surface area contributed by atoms with Gasteiger partial charge in [0.25, 0.3) is 0 Å². The summed E-state index contributed by atoms with van der Waals surface area (Å²) in [5.41, 5.74) is 1.22. The molecule has 2 heterocycles. The van der Waals surface area contributed by atoms with E-state index in [1.54, 1.807) is 11.0 Å². The molecular weight excluding hydrogens is 388 g/mol. The monoisotopic (exact) mass is 418 g/mol. The molecule has 1 aromatic carbocycles. The lowest BCUT2D eigenvalue weighted by atomic mass is 10.2. The number of aryl methyl sites for hydroxylation is 1. The summed E-state index contributed by atoms with van der Waals surface area (Å²) in [4.78, 5) is 13.7. The van der Waals surface area contributed by atoms with Crippen molar-refractivity contribution in [3.8, 4) is 0 Å². The molecular formula is C20H31ClN8. The van der Waals surface area contributed by atoms with Crippen LogP contribution < -0.4 is 15.5 Å². The molecule has 2 N–H and O–H groups in total. The van der Waals surface area contributed by atoms with Crippen LogP contribution in [-0.4, -0.2) is 71.4 Å². The Labute approximate surface area is 178 Å². The third-order valence-corrected chi connectivity index (χ3v) is 5.25. The fourth-order valence-electron chi connectivity index (χ4n) is 3.37. The third-order valence-electron chi connectivity index (χ3n) is 5.02. The molecule has 0 atom stereocenters. The number of hydrogen-bond donors (Lipinski definition) is 2. The van der Waals surface area contributed by atoms with E-state index in [9.17, 15) is 0 Å². The van der Waals surface area contributed by atoms with E-state index < -0.39 is 0 Å². The van der Waals surface area contributed by atoms with Gasteiger partial charge in [0.05, 0.1) is 0 Å². The maximum Gasteiger partial charge on any atom is 0.191 e. The summed E-state index contributed by atoms with van der Waals surface area (Å²) in [5, 5.41) is 11.6. The average Bonchev–Trinajstić information content (AvgIpc) is 3.14. The number of benzene rings is 1. The number of aliphatic imine (C=N–C) groups is 1. The SMILES string of the molecule is CCNC(=NCc1ncnn1C)NCCCN1CCN(c2cccc(Cl)c2)CC1. The molecule has 2 aromatic rings. The van der Waals surface area contributed by atoms with Gasteiger partial charge in [-0.1, -0.05) is 17.7 Å². The first-order chi connectivity index (χ1) is 14.2. The number of guanidine groups is 1. The van der Waals surface area contributed by atoms with Crippen molar-refractivity contribution in [2.24, 2.45) is 12.0 Å². The van der Waals surface area contributed by atoms with Gasteiger partial charge < -0.3 is 15.5 Å². The minimum Gasteiger partial charge on any atom is -0.369 e. The second kappa shape index (κ2) is 11.0. The molecule has 29 heavy (non-hydrogen) atoms. The van der Waals surface area contributed by atoms with Crippen molar-refractivity contribution in [2.75, 3.05) is 50.7 Å². The van der Waals surface area contributed by atoms with Gasteiger partial charge in [0.1, 0.15) is 18.7 Å². The highest BCUT2D eigenvalue weighted by molar-refractivity contribution is 6.30. The van der Waals surface area contributed by atoms with Crippen LogP contribution in [0.3, 0.4) is 0 Å². The zero-order valence-corrected chi connectivity index (χ0v) is 18.1. The first-order valence-corrected chi connectivity index (χ1v) is 10.6. The summed E-state index contributed by atoms with van der Waals surface area (Å²) in [5.74, 6) is 1.67. The van der Waals surface area contributed by atoms with Crippen LogP contribution in [0.4, 0.5) is 5.69 Å². The van der Waals surface area contributed by atoms with E-state index >= 15 is 0 Å². The molecule has 0 bridgehead atoms. The molecule has 1 aromatic heterocycles. The first-order valence-electron chi connectivity index (χ1n) is 10.2. The Bertz CT molecular complexity index is 782. The normalized spacial score (nSPS) is 15.6. The predicted octanol–water partition coefficient (Wildman–Crippen LogP) is 1.74. The van der Waals surface area contributed by atoms with Crippen LogP contribution in [0.15, 0.2) is 35.6 Å². The lowest BCUT2D eigenvalue weighted by molar-refractivity contribution is 0.255. The van der Waals surface area contributed by atoms with Crippen molar-refractivity contribution < 1.29 is 0 Å². The maximum absolute atomic E-state index is 6.12. The molecule has 8 nitrogen and oxygen atoms in total. The van der Waals surface area contributed by atoms with E-state index in [0.29, 0.717) is 6.54 Å². The standard InChI is InChI=1S/C20H31ClN8/c1-3-22-20(24-15-19-25-16-26-27(19)2)23-8-5-9-28-10-12-29(13-11-28)18-7-4-6-17(21)14-18/h4,6-7,14,16H,3,5,8-13,15H2,1-2H3,(H2,22,23,24). The van der Waals surface area contributed by atoms with Crippen LogP contribution in [0.1, 0.15) is 19.2 Å². The predicted molar refractivity (Wildman–Crippen MR) is 119 cm³/mol. The molecule has 0 radical (unpaired) electrons. The van der Waals surface area contributed by atoms with Crippen molar-refractivity contribution >= 4 is 23.2 Å². The van der Waals surface area contributed by atoms with Crippen molar-refractivity contribution in [2.45, 2.75) is 19.9 Å². The van der Waals surface area contributed by atoms with Crippen LogP contribution >= 0.6 is 11.6 Å². The van der Waals surface area contributed by atoms with E-state index in [1.165, 1.54) is 5.69 Å². The number of nitrogens with zero attached hydrogens (tertiary/aromatic N) is 6. The molecule has 9 heteroatoms. The van der Waals surface area contributed by atoms with Crippen molar-refractivity contribution in [1.82, 2.24) is 30.3 Å². The van der Waals surface area contributed by atoms with Crippen LogP contribution in [0.5, 0.6) is 0 Å². The Hall–Kier alpha value is -2.32. The zero-order valence-electron chi connectivity index (χ0n) is 17.3. The molecule has 0 amide bonds. The molecule has 3 rings (SSSR count). The fraction of sp³-hybridized carbons (Fsp3) is 0.550. The molecule has 0 aliphatic carbocycles. The van der Waals surface area contributed by atoms with Gasteiger partial charge in [-0.25, -0.2) is 9.98 Å². The summed E-state index contributed by atoms with van der Waals surface area (Å²) < 4.78 is 1.75. The second-order valence-corrected chi connectivity index (χ2v) is 7.52. The van der Waals surface area contributed by atoms with Crippen LogP contribution in [0, 0.1) is 0 Å². The summed E-state index contributed by atoms with van der Waals surface area (Å²) in [6.45, 7) is 9.61. The molecule has 0 saturated carbocycles. The van der Waals surface area contributed by atoms with Gasteiger partial charge in [0.15, 0.2) is 5.96 Å². The van der Waals surface area contributed by atoms with E-state index in [-0.39, 0.29) is 0 Å². The van der Waals surface area contributed by atoms with Gasteiger partial charge in [0, 0.05) is 57.0 Å². The number of rotatable bonds is 8. The summed E-state index contributed by atoms with van der Waals surface area (Å²) in [6.07, 6.45) is 2.63. The second-order valence-electron chi connectivity index (χ2n) is 7.08. The van der Waals surface area contributed by atoms with Crippen LogP contribution in [0.2, 0.25) is 5.02 Å². The summed E-state index contributed by atoms with van der Waals surface area (Å²) in [6, 6.07) is 8.12. The molecule has 1 aliphatic rings. The largest absolute Gasteiger partial charge is 0.369 e. The minimum absolute atomic E-state index is 0.511. The number of nitrogens with one attached hydrogen (secondary N) is 2. The van der Waals surface area contributed by atoms with Gasteiger partial charge in [-0.2, -0.15) is 5.10 Å². The lowest BCUT2D eigenvalue weighted by Crippen LogP contribution is -2.47. The Kier molecular flexibility index (Phi) is 8.13. The highest BCUT2D eigenvalue weighted by Gasteiger charge is 2.16. The van der Waals surface area contributed by atoms with Crippen molar-refractivity contribution in [1.29, 1.82) is 0 Å². The molecule has 1 fully saturated rings. The zero-order chi connectivity index (χ0) is 20.5. The maximum atomic E-state index is 6.12. The Balaban J connectivity index is 1.36. The molecule has 0 spiro atoms. The smallest absolute Gasteiger partial charge is 0.191 e. The van der Waals surface area contributed by atoms with Crippen LogP contribution in [-0.2, 0) is 13.6 Å². The Morgan fingerprint density at radius 3 is 2.72 bits per heavy atom. The van der Waals surface area contributed by atoms with E-state index in [0.717, 1.165) is 69.0 Å². The minimum atomic E-state index is 0.511. The van der Waals surface area contributed by atoms with Gasteiger partial charge in [0.2, 0.25) is 0 Å². The van der Waals surface area contributed by atoms with Gasteiger partial charge in [-0.05, 0) is 38.1 Å². The molecule has 1 aliphatic heterocycles. The highest BCUT2D eigenvalue weighted by Crippen LogP contribution is 2.20. The molecule has 0 unspecified atom stereocenters. The van der Waals surface area contributed by atoms with Gasteiger partial charge >= 0.3 is 0 Å². The quantitative estimate of drug-likeness (QED) is 0.386. The third kappa shape index (κ3) is 6.61. The molecule has 1 saturated heterocycles. The van der Waals surface area contributed by atoms with Crippen LogP contribution in [0.25, 0.3) is 0 Å². The van der Waals surface area contributed by atoms with E-state index in [2.05, 4.69) is 48.5 Å². The first kappa shape index (κ1) is 21.4. The molecule has 158 valence electrons. The Morgan fingerprint density at radius 2 is 2.03 bits per heavy atom. The Morgan fingerprint density at radius 1 is 1.21 bits per heavy atom. The van der Waals surface area contributed by atoms with E-state index in [4.69, 9.17) is 11.6 Å². The number of piperazine rings is 1. The number of aromatic nitrogens is 3. The average molecular weight is 419 g/mol. The number of anilines is 1. The summed E-state index contributed by atoms with van der Waals surface area (Å²) >= 11 is 6.12. The number of hydrogen-bond acceptors (Lipinski definition) is 5. The highest BCUT2D eigenvalue weighted by atomic mass is 35.5. The lowest BCUT2D eigenvalue weighted by Gasteiger charge is -2.36. The van der Waals surface area contributed by atoms with Crippen molar-refractivity contribution in [3.63, 3.8) is 0 Å². The fourth-order valence-corrected chi connectivity index (χ4v) is 3.55. The topological polar surface area (TPSA) is 73.6 Å². The van der Waals surface area contributed by atoms with Gasteiger partial charge in [-0.3, -0.25) is 9.58 Å².